The van der Waals surface area contributed by atoms with Crippen LogP contribution in [0.4, 0.5) is 23.2 Å². The maximum atomic E-state index is 13.2. The zero-order chi connectivity index (χ0) is 18.4. The number of alkyl halides is 3. The van der Waals surface area contributed by atoms with Gasteiger partial charge in [-0.3, -0.25) is 4.99 Å². The summed E-state index contributed by atoms with van der Waals surface area (Å²) in [5.74, 6) is 3.80. The van der Waals surface area contributed by atoms with E-state index in [0.717, 1.165) is 12.3 Å². The molecule has 1 aromatic heterocycles. The first kappa shape index (κ1) is 18.8. The average molecular weight is 420 g/mol. The quantitative estimate of drug-likeness (QED) is 0.347. The second kappa shape index (κ2) is 8.01. The molecule has 0 aliphatic heterocycles. The fourth-order valence-electron chi connectivity index (χ4n) is 1.58. The Kier molecular flexibility index (Phi) is 6.02. The molecule has 0 amide bonds. The van der Waals surface area contributed by atoms with E-state index in [1.54, 1.807) is 0 Å². The van der Waals surface area contributed by atoms with Gasteiger partial charge in [0.15, 0.2) is 0 Å². The molecule has 0 radical (unpaired) electrons. The molecule has 132 valence electrons. The molecule has 0 atom stereocenters. The number of ether oxygens (including phenoxy) is 1. The number of aliphatic imine (C=N–C) groups is 1. The molecule has 0 fully saturated rings. The van der Waals surface area contributed by atoms with Crippen molar-refractivity contribution in [3.8, 4) is 6.01 Å². The summed E-state index contributed by atoms with van der Waals surface area (Å²) in [4.78, 5) is 11.5. The van der Waals surface area contributed by atoms with E-state index >= 15 is 0 Å². The van der Waals surface area contributed by atoms with Gasteiger partial charge in [0.1, 0.15) is 18.1 Å². The summed E-state index contributed by atoms with van der Waals surface area (Å²) in [6.45, 7) is -0.158. The third-order valence-electron chi connectivity index (χ3n) is 2.73. The van der Waals surface area contributed by atoms with Gasteiger partial charge in [0.05, 0.1) is 21.9 Å². The van der Waals surface area contributed by atoms with Crippen molar-refractivity contribution in [1.82, 2.24) is 9.97 Å². The van der Waals surface area contributed by atoms with Crippen LogP contribution in [0.1, 0.15) is 5.56 Å². The predicted molar refractivity (Wildman–Crippen MR) is 86.4 cm³/mol. The van der Waals surface area contributed by atoms with Crippen LogP contribution in [0.3, 0.4) is 0 Å². The molecule has 0 saturated heterocycles. The highest BCUT2D eigenvalue weighted by Crippen LogP contribution is 2.33. The molecule has 1 heterocycles. The van der Waals surface area contributed by atoms with E-state index in [9.17, 15) is 17.6 Å². The van der Waals surface area contributed by atoms with Crippen molar-refractivity contribution < 1.29 is 22.3 Å². The van der Waals surface area contributed by atoms with E-state index in [-0.39, 0.29) is 24.0 Å². The van der Waals surface area contributed by atoms with E-state index in [2.05, 4.69) is 36.0 Å². The van der Waals surface area contributed by atoms with Crippen LogP contribution in [-0.4, -0.2) is 28.5 Å². The second-order valence-electron chi connectivity index (χ2n) is 4.51. The molecule has 2 N–H and O–H groups in total. The third-order valence-corrected chi connectivity index (χ3v) is 3.14. The summed E-state index contributed by atoms with van der Waals surface area (Å²) in [6.07, 6.45) is -0.783. The van der Waals surface area contributed by atoms with Crippen molar-refractivity contribution in [3.05, 3.63) is 46.4 Å². The normalized spacial score (nSPS) is 12.6. The molecule has 2 rings (SSSR count). The first-order valence-corrected chi connectivity index (χ1v) is 7.37. The molecule has 0 bridgehead atoms. The van der Waals surface area contributed by atoms with E-state index in [4.69, 9.17) is 10.6 Å². The molecule has 25 heavy (non-hydrogen) atoms. The summed E-state index contributed by atoms with van der Waals surface area (Å²) in [5, 5.41) is 3.41. The van der Waals surface area contributed by atoms with E-state index in [1.807, 2.05) is 0 Å². The Hall–Kier alpha value is -2.56. The first-order valence-electron chi connectivity index (χ1n) is 6.57. The molecule has 11 heteroatoms. The zero-order valence-electron chi connectivity index (χ0n) is 12.3. The monoisotopic (exact) mass is 419 g/mol. The number of hydrazone groups is 1. The van der Waals surface area contributed by atoms with Gasteiger partial charge in [-0.2, -0.15) is 18.3 Å². The summed E-state index contributed by atoms with van der Waals surface area (Å²) >= 11 is 3.16. The molecule has 0 saturated carbocycles. The smallest absolute Gasteiger partial charge is 0.419 e. The standard InChI is InChI=1S/C14H10BrF4N5O/c15-8-4-22-13(23-5-8)25-7-10(24-20)6-21-9-1-2-12(16)11(3-9)14(17,18)19/h1-6H,7,20H2. The Balaban J connectivity index is 2.07. The van der Waals surface area contributed by atoms with Gasteiger partial charge in [-0.05, 0) is 34.1 Å². The highest BCUT2D eigenvalue weighted by molar-refractivity contribution is 9.10. The predicted octanol–water partition coefficient (Wildman–Crippen LogP) is 3.49. The lowest BCUT2D eigenvalue weighted by molar-refractivity contribution is -0.139. The van der Waals surface area contributed by atoms with Crippen molar-refractivity contribution in [3.63, 3.8) is 0 Å². The number of nitrogens with two attached hydrogens (primary N) is 1. The van der Waals surface area contributed by atoms with Crippen LogP contribution in [0.15, 0.2) is 45.2 Å². The molecule has 2 aromatic rings. The van der Waals surface area contributed by atoms with Gasteiger partial charge in [0.2, 0.25) is 0 Å². The Morgan fingerprint density at radius 1 is 1.28 bits per heavy atom. The molecular weight excluding hydrogens is 410 g/mol. The number of hydrogen-bond acceptors (Lipinski definition) is 6. The lowest BCUT2D eigenvalue weighted by atomic mass is 10.2. The minimum atomic E-state index is -4.82. The van der Waals surface area contributed by atoms with Gasteiger partial charge in [0, 0.05) is 12.4 Å². The van der Waals surface area contributed by atoms with Crippen molar-refractivity contribution in [2.24, 2.45) is 15.9 Å². The zero-order valence-corrected chi connectivity index (χ0v) is 13.9. The molecule has 0 spiro atoms. The van der Waals surface area contributed by atoms with E-state index in [1.165, 1.54) is 12.4 Å². The van der Waals surface area contributed by atoms with Gasteiger partial charge >= 0.3 is 12.2 Å². The lowest BCUT2D eigenvalue weighted by Gasteiger charge is -2.08. The fourth-order valence-corrected chi connectivity index (χ4v) is 1.79. The van der Waals surface area contributed by atoms with Crippen LogP contribution < -0.4 is 10.6 Å². The van der Waals surface area contributed by atoms with Gasteiger partial charge in [-0.15, -0.1) is 0 Å². The number of nitrogens with zero attached hydrogens (tertiary/aromatic N) is 4. The molecule has 0 unspecified atom stereocenters. The number of aromatic nitrogens is 2. The van der Waals surface area contributed by atoms with E-state index < -0.39 is 17.6 Å². The van der Waals surface area contributed by atoms with Crippen LogP contribution >= 0.6 is 15.9 Å². The third kappa shape index (κ3) is 5.48. The lowest BCUT2D eigenvalue weighted by Crippen LogP contribution is -2.16. The number of hydrogen-bond donors (Lipinski definition) is 1. The van der Waals surface area contributed by atoms with Crippen molar-refractivity contribution in [2.45, 2.75) is 6.18 Å². The molecule has 6 nitrogen and oxygen atoms in total. The Bertz CT molecular complexity index is 793. The largest absolute Gasteiger partial charge is 0.457 e. The van der Waals surface area contributed by atoms with Gasteiger partial charge in [0.25, 0.3) is 0 Å². The number of benzene rings is 1. The average Bonchev–Trinajstić information content (AvgIpc) is 2.57. The van der Waals surface area contributed by atoms with Gasteiger partial charge < -0.3 is 10.6 Å². The summed E-state index contributed by atoms with van der Waals surface area (Å²) in [5.41, 5.74) is -1.41. The SMILES string of the molecule is NN=C(C=Nc1ccc(F)c(C(F)(F)F)c1)COc1ncc(Br)cn1. The highest BCUT2D eigenvalue weighted by Gasteiger charge is 2.34. The van der Waals surface area contributed by atoms with Crippen LogP contribution in [0.2, 0.25) is 0 Å². The fraction of sp³-hybridized carbons (Fsp3) is 0.143. The maximum Gasteiger partial charge on any atom is 0.419 e. The number of rotatable bonds is 5. The van der Waals surface area contributed by atoms with Crippen LogP contribution in [-0.2, 0) is 6.18 Å². The summed E-state index contributed by atoms with van der Waals surface area (Å²) in [7, 11) is 0. The summed E-state index contributed by atoms with van der Waals surface area (Å²) < 4.78 is 57.1. The van der Waals surface area contributed by atoms with Crippen LogP contribution in [0.5, 0.6) is 6.01 Å². The van der Waals surface area contributed by atoms with Crippen LogP contribution in [0, 0.1) is 5.82 Å². The minimum Gasteiger partial charge on any atom is -0.457 e. The topological polar surface area (TPSA) is 85.8 Å². The first-order chi connectivity index (χ1) is 11.8. The highest BCUT2D eigenvalue weighted by atomic mass is 79.9. The Morgan fingerprint density at radius 2 is 1.96 bits per heavy atom. The van der Waals surface area contributed by atoms with Crippen molar-refractivity contribution in [1.29, 1.82) is 0 Å². The second-order valence-corrected chi connectivity index (χ2v) is 5.43. The Morgan fingerprint density at radius 3 is 2.56 bits per heavy atom. The van der Waals surface area contributed by atoms with Crippen molar-refractivity contribution in [2.75, 3.05) is 6.61 Å². The molecule has 0 aliphatic rings. The van der Waals surface area contributed by atoms with Crippen molar-refractivity contribution >= 4 is 33.5 Å². The minimum absolute atomic E-state index is 0.0545. The Labute approximate surface area is 147 Å². The van der Waals surface area contributed by atoms with Gasteiger partial charge in [-0.25, -0.2) is 14.4 Å². The maximum absolute atomic E-state index is 13.2. The van der Waals surface area contributed by atoms with E-state index in [0.29, 0.717) is 16.6 Å². The molecule has 0 aliphatic carbocycles. The number of halogens is 5. The summed E-state index contributed by atoms with van der Waals surface area (Å²) in [6, 6.07) is 2.41. The molecule has 1 aromatic carbocycles. The molecular formula is C14H10BrF4N5O. The van der Waals surface area contributed by atoms with Gasteiger partial charge in [-0.1, -0.05) is 0 Å². The van der Waals surface area contributed by atoms with Crippen LogP contribution in [0.25, 0.3) is 0 Å².